The van der Waals surface area contributed by atoms with Crippen molar-refractivity contribution in [3.8, 4) is 0 Å². The maximum absolute atomic E-state index is 12.2. The summed E-state index contributed by atoms with van der Waals surface area (Å²) in [5, 5.41) is 11.2. The van der Waals surface area contributed by atoms with Crippen molar-refractivity contribution >= 4 is 17.3 Å². The summed E-state index contributed by atoms with van der Waals surface area (Å²) in [6.45, 7) is 1.86. The van der Waals surface area contributed by atoms with Crippen LogP contribution < -0.4 is 10.4 Å². The maximum Gasteiger partial charge on any atom is 0.292 e. The molecule has 2 aliphatic rings. The first-order valence-electron chi connectivity index (χ1n) is 8.70. The Balaban J connectivity index is 1.50. The first kappa shape index (κ1) is 17.6. The zero-order valence-electron chi connectivity index (χ0n) is 14.1. The summed E-state index contributed by atoms with van der Waals surface area (Å²) in [7, 11) is 0. The average molecular weight is 349 g/mol. The Kier molecular flexibility index (Phi) is 5.83. The van der Waals surface area contributed by atoms with Crippen molar-refractivity contribution in [1.82, 2.24) is 5.48 Å². The molecule has 0 unspecified atom stereocenters. The number of para-hydroxylation sites is 2. The van der Waals surface area contributed by atoms with E-state index in [1.807, 2.05) is 4.90 Å². The van der Waals surface area contributed by atoms with E-state index in [2.05, 4.69) is 5.48 Å². The highest BCUT2D eigenvalue weighted by atomic mass is 16.8. The van der Waals surface area contributed by atoms with Gasteiger partial charge >= 0.3 is 0 Å². The van der Waals surface area contributed by atoms with Gasteiger partial charge in [0.1, 0.15) is 5.69 Å². The minimum Gasteiger partial charge on any atom is -0.366 e. The van der Waals surface area contributed by atoms with Gasteiger partial charge in [-0.25, -0.2) is 10.3 Å². The molecule has 0 aromatic heterocycles. The van der Waals surface area contributed by atoms with E-state index in [1.54, 1.807) is 18.2 Å². The standard InChI is InChI=1S/C17H23N3O5/c21-17(18-25-16-7-3-4-12-24-16)13-8-10-19(11-9-13)14-5-1-2-6-15(14)20(22)23/h1-2,5-6,13,16H,3-4,7-12H2,(H,18,21)/t16-/m0/s1. The summed E-state index contributed by atoms with van der Waals surface area (Å²) in [6.07, 6.45) is 3.76. The molecule has 1 aromatic rings. The van der Waals surface area contributed by atoms with Crippen molar-refractivity contribution in [3.63, 3.8) is 0 Å². The van der Waals surface area contributed by atoms with E-state index in [0.717, 1.165) is 19.3 Å². The lowest BCUT2D eigenvalue weighted by Gasteiger charge is -2.32. The maximum atomic E-state index is 12.2. The molecule has 136 valence electrons. The normalized spacial score (nSPS) is 21.8. The number of anilines is 1. The van der Waals surface area contributed by atoms with E-state index >= 15 is 0 Å². The summed E-state index contributed by atoms with van der Waals surface area (Å²) < 4.78 is 5.42. The second-order valence-corrected chi connectivity index (χ2v) is 6.39. The van der Waals surface area contributed by atoms with Crippen LogP contribution >= 0.6 is 0 Å². The van der Waals surface area contributed by atoms with Gasteiger partial charge in [-0.05, 0) is 31.7 Å². The summed E-state index contributed by atoms with van der Waals surface area (Å²) in [4.78, 5) is 30.3. The predicted octanol–water partition coefficient (Wildman–Crippen LogP) is 2.39. The molecule has 8 nitrogen and oxygen atoms in total. The first-order chi connectivity index (χ1) is 12.1. The van der Waals surface area contributed by atoms with Crippen LogP contribution in [0.15, 0.2) is 24.3 Å². The third kappa shape index (κ3) is 4.46. The summed E-state index contributed by atoms with van der Waals surface area (Å²) >= 11 is 0. The summed E-state index contributed by atoms with van der Waals surface area (Å²) in [5.41, 5.74) is 3.23. The van der Waals surface area contributed by atoms with E-state index < -0.39 is 0 Å². The number of nitro groups is 1. The number of nitrogens with one attached hydrogen (secondary N) is 1. The summed E-state index contributed by atoms with van der Waals surface area (Å²) in [6, 6.07) is 6.71. The van der Waals surface area contributed by atoms with Gasteiger partial charge < -0.3 is 9.64 Å². The van der Waals surface area contributed by atoms with Crippen LogP contribution in [-0.2, 0) is 14.4 Å². The highest BCUT2D eigenvalue weighted by molar-refractivity contribution is 5.78. The fourth-order valence-electron chi connectivity index (χ4n) is 3.28. The van der Waals surface area contributed by atoms with Crippen molar-refractivity contribution in [3.05, 3.63) is 34.4 Å². The Labute approximate surface area is 146 Å². The van der Waals surface area contributed by atoms with Crippen LogP contribution in [0, 0.1) is 16.0 Å². The Morgan fingerprint density at radius 2 is 2.00 bits per heavy atom. The third-order valence-corrected chi connectivity index (χ3v) is 4.71. The first-order valence-corrected chi connectivity index (χ1v) is 8.70. The molecule has 0 bridgehead atoms. The van der Waals surface area contributed by atoms with Crippen molar-refractivity contribution in [2.75, 3.05) is 24.6 Å². The average Bonchev–Trinajstić information content (AvgIpc) is 2.67. The van der Waals surface area contributed by atoms with Crippen molar-refractivity contribution in [1.29, 1.82) is 0 Å². The number of piperidine rings is 1. The van der Waals surface area contributed by atoms with E-state index in [1.165, 1.54) is 6.07 Å². The molecule has 2 heterocycles. The second-order valence-electron chi connectivity index (χ2n) is 6.39. The largest absolute Gasteiger partial charge is 0.366 e. The van der Waals surface area contributed by atoms with E-state index in [0.29, 0.717) is 38.2 Å². The van der Waals surface area contributed by atoms with Crippen molar-refractivity contribution in [2.45, 2.75) is 38.4 Å². The Morgan fingerprint density at radius 1 is 1.24 bits per heavy atom. The molecular formula is C17H23N3O5. The highest BCUT2D eigenvalue weighted by Gasteiger charge is 2.28. The summed E-state index contributed by atoms with van der Waals surface area (Å²) in [5.74, 6) is -0.293. The molecule has 2 saturated heterocycles. The van der Waals surface area contributed by atoms with Gasteiger partial charge in [-0.3, -0.25) is 14.9 Å². The Bertz CT molecular complexity index is 610. The van der Waals surface area contributed by atoms with Gasteiger partial charge in [0, 0.05) is 38.1 Å². The topological polar surface area (TPSA) is 93.9 Å². The number of hydroxylamine groups is 1. The van der Waals surface area contributed by atoms with Crippen LogP contribution in [0.25, 0.3) is 0 Å². The van der Waals surface area contributed by atoms with Crippen LogP contribution in [0.2, 0.25) is 0 Å². The fraction of sp³-hybridized carbons (Fsp3) is 0.588. The quantitative estimate of drug-likeness (QED) is 0.648. The third-order valence-electron chi connectivity index (χ3n) is 4.71. The Morgan fingerprint density at radius 3 is 2.68 bits per heavy atom. The number of carbonyl (C=O) groups is 1. The SMILES string of the molecule is O=C(NO[C@H]1CCCCO1)C1CCN(c2ccccc2[N+](=O)[O-])CC1. The molecule has 0 spiro atoms. The number of hydrogen-bond acceptors (Lipinski definition) is 6. The fourth-order valence-corrected chi connectivity index (χ4v) is 3.28. The molecule has 3 rings (SSSR count). The molecule has 0 aliphatic carbocycles. The molecule has 1 aromatic carbocycles. The molecular weight excluding hydrogens is 326 g/mol. The number of ether oxygens (including phenoxy) is 1. The number of carbonyl (C=O) groups excluding carboxylic acids is 1. The number of nitro benzene ring substituents is 1. The monoisotopic (exact) mass is 349 g/mol. The molecule has 8 heteroatoms. The molecule has 2 aliphatic heterocycles. The highest BCUT2D eigenvalue weighted by Crippen LogP contribution is 2.31. The predicted molar refractivity (Wildman–Crippen MR) is 90.9 cm³/mol. The van der Waals surface area contributed by atoms with Crippen molar-refractivity contribution in [2.24, 2.45) is 5.92 Å². The Hall–Kier alpha value is -2.19. The lowest BCUT2D eigenvalue weighted by molar-refractivity contribution is -0.384. The van der Waals surface area contributed by atoms with E-state index in [4.69, 9.17) is 9.57 Å². The molecule has 1 atom stereocenters. The minimum absolute atomic E-state index is 0.100. The number of rotatable bonds is 5. The molecule has 0 radical (unpaired) electrons. The lowest BCUT2D eigenvalue weighted by atomic mass is 9.95. The molecule has 0 saturated carbocycles. The molecule has 25 heavy (non-hydrogen) atoms. The van der Waals surface area contributed by atoms with Gasteiger partial charge in [0.25, 0.3) is 5.69 Å². The van der Waals surface area contributed by atoms with Crippen molar-refractivity contribution < 1.29 is 19.3 Å². The van der Waals surface area contributed by atoms with Gasteiger partial charge in [-0.2, -0.15) is 0 Å². The second kappa shape index (κ2) is 8.26. The van der Waals surface area contributed by atoms with Crippen LogP contribution in [0.4, 0.5) is 11.4 Å². The smallest absolute Gasteiger partial charge is 0.292 e. The number of hydrogen-bond donors (Lipinski definition) is 1. The van der Waals surface area contributed by atoms with Gasteiger partial charge in [0.15, 0.2) is 6.29 Å². The van der Waals surface area contributed by atoms with Gasteiger partial charge in [-0.15, -0.1) is 0 Å². The van der Waals surface area contributed by atoms with Gasteiger partial charge in [0.2, 0.25) is 5.91 Å². The van der Waals surface area contributed by atoms with E-state index in [-0.39, 0.29) is 28.7 Å². The van der Waals surface area contributed by atoms with Crippen LogP contribution in [-0.4, -0.2) is 36.8 Å². The molecule has 1 N–H and O–H groups in total. The number of benzene rings is 1. The lowest BCUT2D eigenvalue weighted by Crippen LogP contribution is -2.42. The van der Waals surface area contributed by atoms with Gasteiger partial charge in [0.05, 0.1) is 4.92 Å². The number of amides is 1. The molecule has 1 amide bonds. The van der Waals surface area contributed by atoms with Crippen LogP contribution in [0.1, 0.15) is 32.1 Å². The molecule has 2 fully saturated rings. The number of nitrogens with zero attached hydrogens (tertiary/aromatic N) is 2. The van der Waals surface area contributed by atoms with E-state index in [9.17, 15) is 14.9 Å². The minimum atomic E-state index is -0.369. The zero-order valence-corrected chi connectivity index (χ0v) is 14.1. The zero-order chi connectivity index (χ0) is 17.6. The van der Waals surface area contributed by atoms with Crippen LogP contribution in [0.3, 0.4) is 0 Å². The van der Waals surface area contributed by atoms with Crippen LogP contribution in [0.5, 0.6) is 0 Å². The van der Waals surface area contributed by atoms with Gasteiger partial charge in [-0.1, -0.05) is 12.1 Å².